The van der Waals surface area contributed by atoms with Crippen LogP contribution in [0.5, 0.6) is 5.88 Å². The lowest BCUT2D eigenvalue weighted by Gasteiger charge is -2.33. The highest BCUT2D eigenvalue weighted by Crippen LogP contribution is 2.58. The van der Waals surface area contributed by atoms with Crippen LogP contribution >= 0.6 is 19.4 Å². The second-order valence-corrected chi connectivity index (χ2v) is 14.2. The number of benzene rings is 1. The van der Waals surface area contributed by atoms with E-state index in [4.69, 9.17) is 44.1 Å². The predicted octanol–water partition coefficient (Wildman–Crippen LogP) is 6.42. The van der Waals surface area contributed by atoms with E-state index < -0.39 is 68.3 Å². The molecule has 0 N–H and O–H groups in total. The molecule has 17 heteroatoms. The number of hydrogen-bond donors (Lipinski definition) is 0. The van der Waals surface area contributed by atoms with Gasteiger partial charge >= 0.3 is 31.4 Å². The highest BCUT2D eigenvalue weighted by Gasteiger charge is 2.61. The molecule has 4 rings (SSSR count). The maximum Gasteiger partial charge on any atom is 0.475 e. The zero-order valence-electron chi connectivity index (χ0n) is 29.0. The summed E-state index contributed by atoms with van der Waals surface area (Å²) in [6, 6.07) is 8.12. The third kappa shape index (κ3) is 10.8. The molecule has 3 heterocycles. The molecular formula is C34H45ClN3O12P. The van der Waals surface area contributed by atoms with Crippen LogP contribution < -0.4 is 10.4 Å². The standard InChI is InChI=1S/C34H45ClN3O12P/c1-5-8-14-27(39)46-26-17-19-38(33(42)37-26)32-30(47-28(40)15-9-6-2)31(48-29(41)16-10-7-3)34(36-4,49-32)22-45-51(43)44-20-18-25(50-51)23-12-11-13-24(35)21-23/h11-13,17,19,21,25,30-32H,4-10,14-16,18,20,22H2,1-3H3/t25-,30+,31-,32+,34+,51+/m0/s1. The van der Waals surface area contributed by atoms with Gasteiger partial charge in [-0.05, 0) is 43.7 Å². The van der Waals surface area contributed by atoms with Crippen molar-refractivity contribution in [3.05, 3.63) is 57.6 Å². The van der Waals surface area contributed by atoms with Crippen molar-refractivity contribution >= 4 is 44.0 Å². The van der Waals surface area contributed by atoms with E-state index in [1.807, 2.05) is 20.8 Å². The number of phosphoric ester groups is 1. The molecule has 2 aliphatic heterocycles. The SMILES string of the molecule is C=N[C@]1(CO[P@@]2(=O)OCC[C@@H](c3cccc(Cl)c3)O2)O[C@@H](n2ccc(OC(=O)CCCC)nc2=O)[C@H](OC(=O)CCCC)[C@@H]1OC(=O)CCCC. The molecule has 1 aromatic heterocycles. The number of halogens is 1. The summed E-state index contributed by atoms with van der Waals surface area (Å²) in [6.45, 7) is 8.64. The van der Waals surface area contributed by atoms with E-state index >= 15 is 0 Å². The molecule has 280 valence electrons. The van der Waals surface area contributed by atoms with Crippen LogP contribution in [0.15, 0.2) is 46.3 Å². The van der Waals surface area contributed by atoms with E-state index in [9.17, 15) is 23.7 Å². The number of esters is 3. The Bertz CT molecular complexity index is 1640. The van der Waals surface area contributed by atoms with E-state index in [0.29, 0.717) is 49.1 Å². The van der Waals surface area contributed by atoms with Gasteiger partial charge in [-0.25, -0.2) is 9.36 Å². The molecule has 51 heavy (non-hydrogen) atoms. The monoisotopic (exact) mass is 753 g/mol. The third-order valence-electron chi connectivity index (χ3n) is 8.18. The summed E-state index contributed by atoms with van der Waals surface area (Å²) in [4.78, 5) is 59.8. The second kappa shape index (κ2) is 18.9. The number of ether oxygens (including phenoxy) is 4. The average Bonchev–Trinajstić information content (AvgIpc) is 3.40. The number of aromatic nitrogens is 2. The molecule has 0 aliphatic carbocycles. The van der Waals surface area contributed by atoms with Crippen LogP contribution in [0.4, 0.5) is 0 Å². The molecule has 1 aromatic carbocycles. The first-order chi connectivity index (χ1) is 24.5. The second-order valence-electron chi connectivity index (χ2n) is 12.1. The summed E-state index contributed by atoms with van der Waals surface area (Å²) in [6.07, 6.45) is 0.239. The summed E-state index contributed by atoms with van der Waals surface area (Å²) in [5.74, 6) is -2.15. The van der Waals surface area contributed by atoms with Crippen LogP contribution in [-0.4, -0.2) is 65.3 Å². The molecule has 0 bridgehead atoms. The smallest absolute Gasteiger partial charge is 0.453 e. The fourth-order valence-electron chi connectivity index (χ4n) is 5.41. The highest BCUT2D eigenvalue weighted by molar-refractivity contribution is 7.48. The zero-order chi connectivity index (χ0) is 37.0. The van der Waals surface area contributed by atoms with Crippen molar-refractivity contribution in [3.63, 3.8) is 0 Å². The zero-order valence-corrected chi connectivity index (χ0v) is 30.7. The molecule has 2 fully saturated rings. The van der Waals surface area contributed by atoms with Gasteiger partial charge in [0, 0.05) is 43.0 Å². The Morgan fingerprint density at radius 1 is 1.04 bits per heavy atom. The highest BCUT2D eigenvalue weighted by atomic mass is 35.5. The van der Waals surface area contributed by atoms with E-state index in [2.05, 4.69) is 16.7 Å². The molecule has 2 aromatic rings. The summed E-state index contributed by atoms with van der Waals surface area (Å²) in [5, 5.41) is 0.457. The lowest BCUT2D eigenvalue weighted by Crippen LogP contribution is -2.49. The topological polar surface area (TPSA) is 180 Å². The molecule has 0 unspecified atom stereocenters. The van der Waals surface area contributed by atoms with Crippen molar-refractivity contribution in [2.75, 3.05) is 13.2 Å². The molecular weight excluding hydrogens is 709 g/mol. The largest absolute Gasteiger partial charge is 0.475 e. The van der Waals surface area contributed by atoms with Crippen molar-refractivity contribution in [1.29, 1.82) is 0 Å². The van der Waals surface area contributed by atoms with E-state index in [-0.39, 0.29) is 31.7 Å². The van der Waals surface area contributed by atoms with Gasteiger partial charge in [0.25, 0.3) is 0 Å². The third-order valence-corrected chi connectivity index (χ3v) is 9.87. The predicted molar refractivity (Wildman–Crippen MR) is 184 cm³/mol. The van der Waals surface area contributed by atoms with Crippen molar-refractivity contribution in [2.45, 2.75) is 115 Å². The van der Waals surface area contributed by atoms with Crippen LogP contribution in [0.1, 0.15) is 103 Å². The van der Waals surface area contributed by atoms with Crippen LogP contribution in [0.2, 0.25) is 5.02 Å². The molecule has 6 atom stereocenters. The summed E-state index contributed by atoms with van der Waals surface area (Å²) in [7, 11) is -4.32. The minimum absolute atomic E-state index is 0.00782. The Morgan fingerprint density at radius 3 is 2.33 bits per heavy atom. The lowest BCUT2D eigenvalue weighted by atomic mass is 10.0. The summed E-state index contributed by atoms with van der Waals surface area (Å²) < 4.78 is 55.1. The van der Waals surface area contributed by atoms with Crippen molar-refractivity contribution < 1.29 is 51.5 Å². The number of nitrogens with zero attached hydrogens (tertiary/aromatic N) is 3. The molecule has 0 saturated carbocycles. The number of unbranched alkanes of at least 4 members (excludes halogenated alkanes) is 3. The minimum Gasteiger partial charge on any atom is -0.453 e. The number of carbonyl (C=O) groups excluding carboxylic acids is 3. The first-order valence-corrected chi connectivity index (χ1v) is 19.0. The number of aliphatic imine (C=N–C) groups is 1. The number of rotatable bonds is 18. The molecule has 0 amide bonds. The normalized spacial score (nSPS) is 26.0. The average molecular weight is 754 g/mol. The van der Waals surface area contributed by atoms with Gasteiger partial charge in [-0.15, -0.1) is 0 Å². The van der Waals surface area contributed by atoms with Gasteiger partial charge in [0.1, 0.15) is 6.61 Å². The van der Waals surface area contributed by atoms with Crippen LogP contribution in [-0.2, 0) is 46.7 Å². The van der Waals surface area contributed by atoms with E-state index in [1.165, 1.54) is 12.3 Å². The number of hydrogen-bond acceptors (Lipinski definition) is 14. The van der Waals surface area contributed by atoms with Gasteiger partial charge in [-0.3, -0.25) is 37.5 Å². The van der Waals surface area contributed by atoms with Crippen LogP contribution in [0.3, 0.4) is 0 Å². The fraction of sp³-hybridized carbons (Fsp3) is 0.588. The Morgan fingerprint density at radius 2 is 1.71 bits per heavy atom. The Kier molecular flexibility index (Phi) is 14.9. The van der Waals surface area contributed by atoms with Gasteiger partial charge < -0.3 is 18.9 Å². The van der Waals surface area contributed by atoms with Gasteiger partial charge in [-0.1, -0.05) is 63.8 Å². The van der Waals surface area contributed by atoms with Gasteiger partial charge in [0.05, 0.1) is 12.7 Å². The molecule has 2 saturated heterocycles. The molecule has 2 aliphatic rings. The first-order valence-electron chi connectivity index (χ1n) is 17.1. The quantitative estimate of drug-likeness (QED) is 0.0925. The van der Waals surface area contributed by atoms with Crippen molar-refractivity contribution in [3.8, 4) is 5.88 Å². The molecule has 0 radical (unpaired) electrons. The lowest BCUT2D eigenvalue weighted by molar-refractivity contribution is -0.173. The van der Waals surface area contributed by atoms with Crippen molar-refractivity contribution in [2.24, 2.45) is 4.99 Å². The van der Waals surface area contributed by atoms with Crippen LogP contribution in [0, 0.1) is 0 Å². The Hall–Kier alpha value is -3.46. The molecule has 15 nitrogen and oxygen atoms in total. The Labute approximate surface area is 301 Å². The first kappa shape index (κ1) is 40.3. The maximum atomic E-state index is 13.8. The van der Waals surface area contributed by atoms with Crippen LogP contribution in [0.25, 0.3) is 0 Å². The van der Waals surface area contributed by atoms with Gasteiger partial charge in [0.2, 0.25) is 11.6 Å². The molecule has 0 spiro atoms. The van der Waals surface area contributed by atoms with Crippen molar-refractivity contribution in [1.82, 2.24) is 9.55 Å². The fourth-order valence-corrected chi connectivity index (χ4v) is 7.01. The van der Waals surface area contributed by atoms with E-state index in [0.717, 1.165) is 11.0 Å². The number of phosphoric acid groups is 1. The Balaban J connectivity index is 1.69. The summed E-state index contributed by atoms with van der Waals surface area (Å²) >= 11 is 6.16. The van der Waals surface area contributed by atoms with E-state index in [1.54, 1.807) is 24.3 Å². The number of carbonyl (C=O) groups is 3. The van der Waals surface area contributed by atoms with Gasteiger partial charge in [0.15, 0.2) is 18.4 Å². The minimum atomic E-state index is -4.32. The van der Waals surface area contributed by atoms with Gasteiger partial charge in [-0.2, -0.15) is 4.98 Å². The maximum absolute atomic E-state index is 13.8. The summed E-state index contributed by atoms with van der Waals surface area (Å²) in [5.41, 5.74) is -2.39.